The van der Waals surface area contributed by atoms with E-state index in [9.17, 15) is 9.59 Å². The average molecular weight is 289 g/mol. The van der Waals surface area contributed by atoms with Crippen LogP contribution in [0.25, 0.3) is 0 Å². The normalized spacial score (nSPS) is 18.6. The van der Waals surface area contributed by atoms with Crippen molar-refractivity contribution in [1.82, 2.24) is 14.8 Å². The highest BCUT2D eigenvalue weighted by atomic mass is 16.5. The molecule has 0 unspecified atom stereocenters. The van der Waals surface area contributed by atoms with Crippen molar-refractivity contribution in [2.75, 3.05) is 13.7 Å². The van der Waals surface area contributed by atoms with Crippen LogP contribution in [0.1, 0.15) is 29.7 Å². The molecular formula is C15H19N3O3. The second-order valence-corrected chi connectivity index (χ2v) is 5.67. The average Bonchev–Trinajstić information content (AvgIpc) is 3.24. The Morgan fingerprint density at radius 2 is 2.05 bits per heavy atom. The molecule has 1 aromatic rings. The van der Waals surface area contributed by atoms with E-state index in [1.165, 1.54) is 4.90 Å². The predicted octanol–water partition coefficient (Wildman–Crippen LogP) is 1.63. The highest BCUT2D eigenvalue weighted by Crippen LogP contribution is 2.31. The third-order valence-electron chi connectivity index (χ3n) is 4.13. The van der Waals surface area contributed by atoms with Crippen molar-refractivity contribution in [3.05, 3.63) is 23.0 Å². The fraction of sp³-hybridized carbons (Fsp3) is 0.533. The summed E-state index contributed by atoms with van der Waals surface area (Å²) in [5, 5.41) is 0. The van der Waals surface area contributed by atoms with Crippen molar-refractivity contribution in [2.24, 2.45) is 0 Å². The van der Waals surface area contributed by atoms with Crippen molar-refractivity contribution >= 4 is 11.9 Å². The van der Waals surface area contributed by atoms with Crippen LogP contribution in [0.4, 0.5) is 4.79 Å². The van der Waals surface area contributed by atoms with E-state index in [0.717, 1.165) is 29.7 Å². The standard InChI is InChI=1S/C15H19N3O3/c1-9-6-16-12(10(2)14(9)21-3)7-18-13(19)8-17(15(18)20)11-4-5-11/h6,11H,4-5,7-8H2,1-3H3. The Kier molecular flexibility index (Phi) is 3.31. The molecule has 6 heteroatoms. The van der Waals surface area contributed by atoms with Gasteiger partial charge in [-0.05, 0) is 26.7 Å². The maximum atomic E-state index is 12.3. The Hall–Kier alpha value is -2.11. The van der Waals surface area contributed by atoms with Crippen molar-refractivity contribution in [2.45, 2.75) is 39.3 Å². The molecule has 0 radical (unpaired) electrons. The molecule has 0 spiro atoms. The van der Waals surface area contributed by atoms with Crippen molar-refractivity contribution in [3.63, 3.8) is 0 Å². The Bertz CT molecular complexity index is 610. The number of imide groups is 1. The number of rotatable bonds is 4. The molecule has 1 saturated carbocycles. The molecular weight excluding hydrogens is 270 g/mol. The Morgan fingerprint density at radius 1 is 1.33 bits per heavy atom. The minimum atomic E-state index is -0.191. The maximum Gasteiger partial charge on any atom is 0.327 e. The first kappa shape index (κ1) is 13.9. The van der Waals surface area contributed by atoms with Crippen molar-refractivity contribution < 1.29 is 14.3 Å². The molecule has 1 aromatic heterocycles. The summed E-state index contributed by atoms with van der Waals surface area (Å²) in [5.41, 5.74) is 2.53. The molecule has 21 heavy (non-hydrogen) atoms. The highest BCUT2D eigenvalue weighted by Gasteiger charge is 2.43. The van der Waals surface area contributed by atoms with Crippen LogP contribution in [0.3, 0.4) is 0 Å². The number of urea groups is 1. The number of methoxy groups -OCH3 is 1. The third kappa shape index (κ3) is 2.34. The van der Waals surface area contributed by atoms with Gasteiger partial charge in [-0.2, -0.15) is 0 Å². The van der Waals surface area contributed by atoms with Crippen LogP contribution in [0.15, 0.2) is 6.20 Å². The Morgan fingerprint density at radius 3 is 2.67 bits per heavy atom. The zero-order valence-electron chi connectivity index (χ0n) is 12.5. The highest BCUT2D eigenvalue weighted by molar-refractivity contribution is 6.02. The molecule has 1 saturated heterocycles. The summed E-state index contributed by atoms with van der Waals surface area (Å²) in [6.45, 7) is 4.23. The SMILES string of the molecule is COc1c(C)cnc(CN2C(=O)CN(C3CC3)C2=O)c1C. The van der Waals surface area contributed by atoms with Gasteiger partial charge < -0.3 is 9.64 Å². The van der Waals surface area contributed by atoms with Gasteiger partial charge in [-0.15, -0.1) is 0 Å². The van der Waals surface area contributed by atoms with Crippen LogP contribution in [-0.2, 0) is 11.3 Å². The molecule has 2 aliphatic rings. The molecule has 0 aromatic carbocycles. The van der Waals surface area contributed by atoms with Crippen LogP contribution in [-0.4, -0.2) is 46.4 Å². The number of aromatic nitrogens is 1. The number of nitrogens with zero attached hydrogens (tertiary/aromatic N) is 3. The third-order valence-corrected chi connectivity index (χ3v) is 4.13. The number of hydrogen-bond donors (Lipinski definition) is 0. The van der Waals surface area contributed by atoms with Gasteiger partial charge in [-0.3, -0.25) is 14.7 Å². The predicted molar refractivity (Wildman–Crippen MR) is 75.9 cm³/mol. The van der Waals surface area contributed by atoms with Crippen LogP contribution in [0.5, 0.6) is 5.75 Å². The molecule has 3 amide bonds. The minimum Gasteiger partial charge on any atom is -0.496 e. The van der Waals surface area contributed by atoms with Crippen LogP contribution < -0.4 is 4.74 Å². The van der Waals surface area contributed by atoms with Crippen molar-refractivity contribution in [3.8, 4) is 5.75 Å². The Labute approximate surface area is 123 Å². The quantitative estimate of drug-likeness (QED) is 0.790. The van der Waals surface area contributed by atoms with Gasteiger partial charge in [0.1, 0.15) is 12.3 Å². The monoisotopic (exact) mass is 289 g/mol. The molecule has 0 bridgehead atoms. The molecule has 1 aliphatic heterocycles. The fourth-order valence-corrected chi connectivity index (χ4v) is 2.77. The lowest BCUT2D eigenvalue weighted by molar-refractivity contribution is -0.125. The lowest BCUT2D eigenvalue weighted by Crippen LogP contribution is -2.34. The van der Waals surface area contributed by atoms with E-state index in [-0.39, 0.29) is 31.1 Å². The van der Waals surface area contributed by atoms with Gasteiger partial charge in [0.15, 0.2) is 0 Å². The molecule has 112 valence electrons. The fourth-order valence-electron chi connectivity index (χ4n) is 2.77. The first-order valence-electron chi connectivity index (χ1n) is 7.13. The van der Waals surface area contributed by atoms with Gasteiger partial charge in [-0.1, -0.05) is 0 Å². The topological polar surface area (TPSA) is 62.7 Å². The number of hydrogen-bond acceptors (Lipinski definition) is 4. The molecule has 0 atom stereocenters. The summed E-state index contributed by atoms with van der Waals surface area (Å²) in [7, 11) is 1.61. The van der Waals surface area contributed by atoms with Gasteiger partial charge in [-0.25, -0.2) is 4.79 Å². The van der Waals surface area contributed by atoms with E-state index in [4.69, 9.17) is 4.74 Å². The molecule has 2 fully saturated rings. The molecule has 2 heterocycles. The van der Waals surface area contributed by atoms with Crippen molar-refractivity contribution in [1.29, 1.82) is 0 Å². The molecule has 3 rings (SSSR count). The molecule has 1 aliphatic carbocycles. The summed E-state index contributed by atoms with van der Waals surface area (Å²) in [6.07, 6.45) is 3.72. The van der Waals surface area contributed by atoms with Gasteiger partial charge >= 0.3 is 6.03 Å². The van der Waals surface area contributed by atoms with Crippen LogP contribution >= 0.6 is 0 Å². The first-order chi connectivity index (χ1) is 10.0. The number of carbonyl (C=O) groups excluding carboxylic acids is 2. The summed E-state index contributed by atoms with van der Waals surface area (Å²) < 4.78 is 5.37. The number of carbonyl (C=O) groups is 2. The summed E-state index contributed by atoms with van der Waals surface area (Å²) >= 11 is 0. The number of ether oxygens (including phenoxy) is 1. The molecule has 6 nitrogen and oxygen atoms in total. The maximum absolute atomic E-state index is 12.3. The second-order valence-electron chi connectivity index (χ2n) is 5.67. The minimum absolute atomic E-state index is 0.146. The summed E-state index contributed by atoms with van der Waals surface area (Å²) in [6, 6.07) is 0.0660. The largest absolute Gasteiger partial charge is 0.496 e. The zero-order chi connectivity index (χ0) is 15.1. The zero-order valence-corrected chi connectivity index (χ0v) is 12.5. The summed E-state index contributed by atoms with van der Waals surface area (Å²) in [4.78, 5) is 31.7. The van der Waals surface area contributed by atoms with Gasteiger partial charge in [0.25, 0.3) is 5.91 Å². The first-order valence-corrected chi connectivity index (χ1v) is 7.13. The van der Waals surface area contributed by atoms with E-state index in [1.54, 1.807) is 18.2 Å². The summed E-state index contributed by atoms with van der Waals surface area (Å²) in [5.74, 6) is 0.616. The van der Waals surface area contributed by atoms with Gasteiger partial charge in [0.05, 0.1) is 19.3 Å². The second kappa shape index (κ2) is 5.02. The lowest BCUT2D eigenvalue weighted by Gasteiger charge is -2.18. The number of pyridine rings is 1. The van der Waals surface area contributed by atoms with E-state index in [2.05, 4.69) is 4.98 Å². The number of aryl methyl sites for hydroxylation is 1. The van der Waals surface area contributed by atoms with Crippen LogP contribution in [0.2, 0.25) is 0 Å². The smallest absolute Gasteiger partial charge is 0.327 e. The Balaban J connectivity index is 1.83. The van der Waals surface area contributed by atoms with Gasteiger partial charge in [0, 0.05) is 23.4 Å². The molecule has 0 N–H and O–H groups in total. The van der Waals surface area contributed by atoms with Gasteiger partial charge in [0.2, 0.25) is 0 Å². The lowest BCUT2D eigenvalue weighted by atomic mass is 10.1. The van der Waals surface area contributed by atoms with E-state index >= 15 is 0 Å². The van der Waals surface area contributed by atoms with E-state index < -0.39 is 0 Å². The number of amides is 3. The van der Waals surface area contributed by atoms with E-state index in [1.807, 2.05) is 13.8 Å². The van der Waals surface area contributed by atoms with E-state index in [0.29, 0.717) is 5.69 Å². The van der Waals surface area contributed by atoms with Crippen LogP contribution in [0, 0.1) is 13.8 Å².